The van der Waals surface area contributed by atoms with Crippen molar-refractivity contribution in [1.82, 2.24) is 10.2 Å². The predicted octanol–water partition coefficient (Wildman–Crippen LogP) is 3.25. The molecule has 178 valence electrons. The van der Waals surface area contributed by atoms with E-state index in [0.717, 1.165) is 12.1 Å². The van der Waals surface area contributed by atoms with Crippen molar-refractivity contribution in [2.45, 2.75) is 25.1 Å². The Morgan fingerprint density at radius 3 is 2.42 bits per heavy atom. The SMILES string of the molecule is O=C(NCC(O)COc1cccc(C(F)(F)F)c1)C1CCN(C(=O)c2ccc(F)cc2)CC1. The molecule has 1 saturated heterocycles. The smallest absolute Gasteiger partial charge is 0.416 e. The molecular weight excluding hydrogens is 444 g/mol. The molecule has 1 heterocycles. The lowest BCUT2D eigenvalue weighted by Crippen LogP contribution is -2.44. The lowest BCUT2D eigenvalue weighted by molar-refractivity contribution is -0.137. The summed E-state index contributed by atoms with van der Waals surface area (Å²) in [4.78, 5) is 26.4. The summed E-state index contributed by atoms with van der Waals surface area (Å²) in [6.45, 7) is 0.337. The second-order valence-electron chi connectivity index (χ2n) is 7.81. The fourth-order valence-corrected chi connectivity index (χ4v) is 3.50. The molecule has 2 N–H and O–H groups in total. The van der Waals surface area contributed by atoms with E-state index in [9.17, 15) is 32.3 Å². The Morgan fingerprint density at radius 1 is 1.12 bits per heavy atom. The van der Waals surface area contributed by atoms with Gasteiger partial charge >= 0.3 is 6.18 Å². The number of carbonyl (C=O) groups excluding carboxylic acids is 2. The molecule has 1 aliphatic rings. The van der Waals surface area contributed by atoms with Crippen molar-refractivity contribution in [2.75, 3.05) is 26.2 Å². The van der Waals surface area contributed by atoms with Crippen molar-refractivity contribution in [3.63, 3.8) is 0 Å². The Labute approximate surface area is 188 Å². The van der Waals surface area contributed by atoms with Gasteiger partial charge in [-0.3, -0.25) is 9.59 Å². The van der Waals surface area contributed by atoms with E-state index in [-0.39, 0.29) is 36.6 Å². The minimum Gasteiger partial charge on any atom is -0.491 e. The minimum absolute atomic E-state index is 0.0339. The van der Waals surface area contributed by atoms with Crippen LogP contribution in [0.5, 0.6) is 5.75 Å². The summed E-state index contributed by atoms with van der Waals surface area (Å²) in [7, 11) is 0. The van der Waals surface area contributed by atoms with Crippen molar-refractivity contribution in [3.05, 3.63) is 65.5 Å². The number of ether oxygens (including phenoxy) is 1. The number of aliphatic hydroxyl groups excluding tert-OH is 1. The standard InChI is InChI=1S/C23H24F4N2O4/c24-18-6-4-16(5-7-18)22(32)29-10-8-15(9-11-29)21(31)28-13-19(30)14-33-20-3-1-2-17(12-20)23(25,26)27/h1-7,12,15,19,30H,8-11,13-14H2,(H,28,31). The van der Waals surface area contributed by atoms with Crippen LogP contribution in [0.15, 0.2) is 48.5 Å². The first-order valence-electron chi connectivity index (χ1n) is 10.4. The Hall–Kier alpha value is -3.14. The van der Waals surface area contributed by atoms with E-state index in [0.29, 0.717) is 31.5 Å². The van der Waals surface area contributed by atoms with Gasteiger partial charge in [-0.25, -0.2) is 4.39 Å². The van der Waals surface area contributed by atoms with Gasteiger partial charge in [0, 0.05) is 31.1 Å². The van der Waals surface area contributed by atoms with Gasteiger partial charge in [0.1, 0.15) is 24.3 Å². The number of hydrogen-bond acceptors (Lipinski definition) is 4. The first-order chi connectivity index (χ1) is 15.6. The van der Waals surface area contributed by atoms with Crippen LogP contribution in [-0.4, -0.2) is 54.2 Å². The third-order valence-corrected chi connectivity index (χ3v) is 5.36. The third-order valence-electron chi connectivity index (χ3n) is 5.36. The van der Waals surface area contributed by atoms with E-state index in [1.807, 2.05) is 0 Å². The molecule has 3 rings (SSSR count). The van der Waals surface area contributed by atoms with Crippen molar-refractivity contribution in [2.24, 2.45) is 5.92 Å². The number of benzene rings is 2. The second kappa shape index (κ2) is 10.7. The quantitative estimate of drug-likeness (QED) is 0.612. The highest BCUT2D eigenvalue weighted by Crippen LogP contribution is 2.31. The van der Waals surface area contributed by atoms with Crippen LogP contribution < -0.4 is 10.1 Å². The fourth-order valence-electron chi connectivity index (χ4n) is 3.50. The van der Waals surface area contributed by atoms with Gasteiger partial charge in [-0.15, -0.1) is 0 Å². The van der Waals surface area contributed by atoms with E-state index in [2.05, 4.69) is 5.32 Å². The Kier molecular flexibility index (Phi) is 7.91. The van der Waals surface area contributed by atoms with Crippen LogP contribution in [0.2, 0.25) is 0 Å². The molecule has 0 spiro atoms. The van der Waals surface area contributed by atoms with Crippen molar-refractivity contribution >= 4 is 11.8 Å². The zero-order valence-electron chi connectivity index (χ0n) is 17.6. The highest BCUT2D eigenvalue weighted by molar-refractivity contribution is 5.94. The largest absolute Gasteiger partial charge is 0.491 e. The summed E-state index contributed by atoms with van der Waals surface area (Å²) in [5.74, 6) is -1.30. The molecule has 33 heavy (non-hydrogen) atoms. The summed E-state index contributed by atoms with van der Waals surface area (Å²) in [6.07, 6.45) is -4.72. The third kappa shape index (κ3) is 6.92. The van der Waals surface area contributed by atoms with Crippen molar-refractivity contribution < 1.29 is 37.0 Å². The molecule has 0 aliphatic carbocycles. The first-order valence-corrected chi connectivity index (χ1v) is 10.4. The number of carbonyl (C=O) groups is 2. The van der Waals surface area contributed by atoms with Gasteiger partial charge in [0.2, 0.25) is 5.91 Å². The van der Waals surface area contributed by atoms with E-state index < -0.39 is 23.7 Å². The van der Waals surface area contributed by atoms with Crippen LogP contribution in [-0.2, 0) is 11.0 Å². The molecule has 1 fully saturated rings. The zero-order chi connectivity index (χ0) is 24.0. The summed E-state index contributed by atoms with van der Waals surface area (Å²) in [5.41, 5.74) is -0.477. The molecule has 1 unspecified atom stereocenters. The topological polar surface area (TPSA) is 78.9 Å². The highest BCUT2D eigenvalue weighted by atomic mass is 19.4. The Balaban J connectivity index is 1.39. The van der Waals surface area contributed by atoms with Gasteiger partial charge in [-0.05, 0) is 55.3 Å². The molecule has 0 saturated carbocycles. The molecule has 6 nitrogen and oxygen atoms in total. The number of amides is 2. The van der Waals surface area contributed by atoms with Crippen LogP contribution in [0.4, 0.5) is 17.6 Å². The number of likely N-dealkylation sites (tertiary alicyclic amines) is 1. The van der Waals surface area contributed by atoms with E-state index in [1.165, 1.54) is 36.4 Å². The van der Waals surface area contributed by atoms with Gasteiger partial charge in [0.15, 0.2) is 0 Å². The molecular formula is C23H24F4N2O4. The van der Waals surface area contributed by atoms with Gasteiger partial charge in [0.05, 0.1) is 5.56 Å². The van der Waals surface area contributed by atoms with Crippen molar-refractivity contribution in [1.29, 1.82) is 0 Å². The van der Waals surface area contributed by atoms with Crippen LogP contribution in [0.3, 0.4) is 0 Å². The molecule has 2 amide bonds. The summed E-state index contributed by atoms with van der Waals surface area (Å²) < 4.78 is 56.4. The van der Waals surface area contributed by atoms with Gasteiger partial charge in [-0.1, -0.05) is 6.07 Å². The van der Waals surface area contributed by atoms with Crippen LogP contribution in [0, 0.1) is 11.7 Å². The minimum atomic E-state index is -4.49. The number of nitrogens with one attached hydrogen (secondary N) is 1. The molecule has 0 bridgehead atoms. The van der Waals surface area contributed by atoms with Crippen LogP contribution in [0.1, 0.15) is 28.8 Å². The number of halogens is 4. The lowest BCUT2D eigenvalue weighted by Gasteiger charge is -2.31. The average Bonchev–Trinajstić information content (AvgIpc) is 2.81. The Bertz CT molecular complexity index is 958. The number of rotatable bonds is 7. The Morgan fingerprint density at radius 2 is 1.79 bits per heavy atom. The van der Waals surface area contributed by atoms with Gasteiger partial charge in [-0.2, -0.15) is 13.2 Å². The second-order valence-corrected chi connectivity index (χ2v) is 7.81. The summed E-state index contributed by atoms with van der Waals surface area (Å²) in [5, 5.41) is 12.6. The predicted molar refractivity (Wildman–Crippen MR) is 111 cm³/mol. The van der Waals surface area contributed by atoms with E-state index in [1.54, 1.807) is 4.90 Å². The van der Waals surface area contributed by atoms with Crippen molar-refractivity contribution in [3.8, 4) is 5.75 Å². The zero-order valence-corrected chi connectivity index (χ0v) is 17.6. The molecule has 1 aliphatic heterocycles. The fraction of sp³-hybridized carbons (Fsp3) is 0.391. The maximum Gasteiger partial charge on any atom is 0.416 e. The van der Waals surface area contributed by atoms with E-state index in [4.69, 9.17) is 4.74 Å². The molecule has 2 aromatic rings. The normalized spacial score (nSPS) is 15.7. The molecule has 0 aromatic heterocycles. The number of nitrogens with zero attached hydrogens (tertiary/aromatic N) is 1. The summed E-state index contributed by atoms with van der Waals surface area (Å²) in [6, 6.07) is 9.58. The van der Waals surface area contributed by atoms with Gasteiger partial charge < -0.3 is 20.1 Å². The molecule has 1 atom stereocenters. The van der Waals surface area contributed by atoms with Gasteiger partial charge in [0.25, 0.3) is 5.91 Å². The monoisotopic (exact) mass is 468 g/mol. The number of alkyl halides is 3. The number of aliphatic hydroxyl groups is 1. The molecule has 2 aromatic carbocycles. The molecule has 10 heteroatoms. The average molecular weight is 468 g/mol. The van der Waals surface area contributed by atoms with Crippen LogP contribution >= 0.6 is 0 Å². The number of hydrogen-bond donors (Lipinski definition) is 2. The summed E-state index contributed by atoms with van der Waals surface area (Å²) >= 11 is 0. The number of piperidine rings is 1. The van der Waals surface area contributed by atoms with E-state index >= 15 is 0 Å². The highest BCUT2D eigenvalue weighted by Gasteiger charge is 2.31. The maximum absolute atomic E-state index is 13.0. The molecule has 0 radical (unpaired) electrons. The maximum atomic E-state index is 13.0. The van der Waals surface area contributed by atoms with Crippen LogP contribution in [0.25, 0.3) is 0 Å². The first kappa shape index (κ1) is 24.5. The lowest BCUT2D eigenvalue weighted by atomic mass is 9.95.